The molecule has 1 aliphatic rings. The summed E-state index contributed by atoms with van der Waals surface area (Å²) in [5.74, 6) is 0.763. The van der Waals surface area contributed by atoms with Gasteiger partial charge in [-0.25, -0.2) is 0 Å². The highest BCUT2D eigenvalue weighted by molar-refractivity contribution is 6.32. The second-order valence-corrected chi connectivity index (χ2v) is 5.80. The van der Waals surface area contributed by atoms with E-state index in [9.17, 15) is 0 Å². The van der Waals surface area contributed by atoms with Crippen molar-refractivity contribution in [2.45, 2.75) is 57.5 Å². The summed E-state index contributed by atoms with van der Waals surface area (Å²) >= 11 is 6.04. The summed E-state index contributed by atoms with van der Waals surface area (Å²) in [5.41, 5.74) is 1.24. The molecular weight excluding hydrogens is 293 g/mol. The zero-order valence-corrected chi connectivity index (χ0v) is 13.7. The molecule has 0 aliphatic heterocycles. The molecule has 1 saturated carbocycles. The van der Waals surface area contributed by atoms with Crippen LogP contribution in [0.5, 0.6) is 5.75 Å². The van der Waals surface area contributed by atoms with E-state index in [0.29, 0.717) is 11.1 Å². The molecule has 4 heteroatoms. The summed E-state index contributed by atoms with van der Waals surface area (Å²) in [5, 5.41) is 4.36. The highest BCUT2D eigenvalue weighted by Crippen LogP contribution is 2.25. The first-order chi connectivity index (χ1) is 9.29. The molecule has 1 aromatic carbocycles. The van der Waals surface area contributed by atoms with Gasteiger partial charge >= 0.3 is 0 Å². The van der Waals surface area contributed by atoms with E-state index >= 15 is 0 Å². The van der Waals surface area contributed by atoms with Crippen LogP contribution in [0.15, 0.2) is 18.2 Å². The molecule has 114 valence electrons. The normalized spacial score (nSPS) is 16.9. The van der Waals surface area contributed by atoms with Gasteiger partial charge in [-0.3, -0.25) is 0 Å². The van der Waals surface area contributed by atoms with Crippen molar-refractivity contribution in [3.8, 4) is 5.75 Å². The molecule has 1 aliphatic carbocycles. The van der Waals surface area contributed by atoms with E-state index < -0.39 is 0 Å². The van der Waals surface area contributed by atoms with Gasteiger partial charge in [0.25, 0.3) is 0 Å². The van der Waals surface area contributed by atoms with Gasteiger partial charge in [0.15, 0.2) is 0 Å². The Hall–Kier alpha value is -0.440. The fraction of sp³-hybridized carbons (Fsp3) is 0.625. The van der Waals surface area contributed by atoms with E-state index in [-0.39, 0.29) is 12.4 Å². The van der Waals surface area contributed by atoms with Crippen LogP contribution >= 0.6 is 24.0 Å². The molecule has 1 fully saturated rings. The molecule has 2 rings (SSSR count). The number of halogens is 2. The Morgan fingerprint density at radius 3 is 2.45 bits per heavy atom. The highest BCUT2D eigenvalue weighted by atomic mass is 35.5. The third-order valence-corrected chi connectivity index (χ3v) is 4.23. The zero-order valence-electron chi connectivity index (χ0n) is 12.2. The first-order valence-electron chi connectivity index (χ1n) is 7.35. The second-order valence-electron chi connectivity index (χ2n) is 5.39. The molecule has 1 N–H and O–H groups in total. The number of methoxy groups -OCH3 is 1. The fourth-order valence-corrected chi connectivity index (χ4v) is 2.93. The molecule has 0 unspecified atom stereocenters. The van der Waals surface area contributed by atoms with Gasteiger partial charge in [0.2, 0.25) is 0 Å². The van der Waals surface area contributed by atoms with Crippen molar-refractivity contribution in [2.75, 3.05) is 7.11 Å². The van der Waals surface area contributed by atoms with Gasteiger partial charge in [-0.05, 0) is 30.5 Å². The predicted molar refractivity (Wildman–Crippen MR) is 88.2 cm³/mol. The van der Waals surface area contributed by atoms with Crippen LogP contribution in [0.1, 0.15) is 50.5 Å². The average molecular weight is 318 g/mol. The van der Waals surface area contributed by atoms with Crippen molar-refractivity contribution in [1.29, 1.82) is 0 Å². The van der Waals surface area contributed by atoms with Crippen LogP contribution in [0.3, 0.4) is 0 Å². The second kappa shape index (κ2) is 9.49. The number of nitrogens with one attached hydrogen (secondary N) is 1. The summed E-state index contributed by atoms with van der Waals surface area (Å²) in [7, 11) is 1.66. The number of ether oxygens (including phenoxy) is 1. The van der Waals surface area contributed by atoms with Gasteiger partial charge in [0, 0.05) is 12.6 Å². The Balaban J connectivity index is 0.00000200. The largest absolute Gasteiger partial charge is 0.495 e. The smallest absolute Gasteiger partial charge is 0.137 e. The van der Waals surface area contributed by atoms with Crippen LogP contribution in [0.2, 0.25) is 5.02 Å². The Kier molecular flexibility index (Phi) is 8.35. The lowest BCUT2D eigenvalue weighted by atomic mass is 9.96. The SMILES string of the molecule is COc1cc(CNC2CCCCCCC2)ccc1Cl.Cl. The Morgan fingerprint density at radius 1 is 1.15 bits per heavy atom. The standard InChI is InChI=1S/C16H24ClNO.ClH/c1-19-16-11-13(9-10-15(16)17)12-18-14-7-5-3-2-4-6-8-14;/h9-11,14,18H,2-8,12H2,1H3;1H. The molecule has 2 nitrogen and oxygen atoms in total. The summed E-state index contributed by atoms with van der Waals surface area (Å²) < 4.78 is 5.25. The van der Waals surface area contributed by atoms with Crippen molar-refractivity contribution < 1.29 is 4.74 Å². The molecule has 1 aromatic rings. The molecule has 0 radical (unpaired) electrons. The maximum Gasteiger partial charge on any atom is 0.137 e. The molecule has 0 aromatic heterocycles. The molecular formula is C16H25Cl2NO. The first kappa shape index (κ1) is 17.6. The van der Waals surface area contributed by atoms with Crippen molar-refractivity contribution >= 4 is 24.0 Å². The van der Waals surface area contributed by atoms with E-state index in [1.165, 1.54) is 50.5 Å². The minimum absolute atomic E-state index is 0. The molecule has 0 heterocycles. The van der Waals surface area contributed by atoms with Crippen molar-refractivity contribution in [2.24, 2.45) is 0 Å². The van der Waals surface area contributed by atoms with Crippen LogP contribution in [0.4, 0.5) is 0 Å². The Morgan fingerprint density at radius 2 is 1.80 bits per heavy atom. The lowest BCUT2D eigenvalue weighted by Crippen LogP contribution is -2.29. The minimum Gasteiger partial charge on any atom is -0.495 e. The molecule has 0 bridgehead atoms. The van der Waals surface area contributed by atoms with E-state index in [1.807, 2.05) is 12.1 Å². The van der Waals surface area contributed by atoms with Crippen molar-refractivity contribution in [3.05, 3.63) is 28.8 Å². The van der Waals surface area contributed by atoms with E-state index in [4.69, 9.17) is 16.3 Å². The van der Waals surface area contributed by atoms with E-state index in [1.54, 1.807) is 7.11 Å². The summed E-state index contributed by atoms with van der Waals surface area (Å²) in [6.45, 7) is 0.901. The third-order valence-electron chi connectivity index (χ3n) is 3.92. The van der Waals surface area contributed by atoms with E-state index in [0.717, 1.165) is 12.3 Å². The van der Waals surface area contributed by atoms with Gasteiger partial charge in [0.1, 0.15) is 5.75 Å². The number of hydrogen-bond donors (Lipinski definition) is 1. The maximum atomic E-state index is 6.04. The van der Waals surface area contributed by atoms with Crippen LogP contribution in [-0.4, -0.2) is 13.2 Å². The summed E-state index contributed by atoms with van der Waals surface area (Å²) in [6, 6.07) is 6.68. The lowest BCUT2D eigenvalue weighted by molar-refractivity contribution is 0.387. The van der Waals surface area contributed by atoms with Gasteiger partial charge in [-0.2, -0.15) is 0 Å². The minimum atomic E-state index is 0. The average Bonchev–Trinajstić information content (AvgIpc) is 2.39. The van der Waals surface area contributed by atoms with Gasteiger partial charge in [-0.1, -0.05) is 49.8 Å². The van der Waals surface area contributed by atoms with Crippen molar-refractivity contribution in [3.63, 3.8) is 0 Å². The monoisotopic (exact) mass is 317 g/mol. The van der Waals surface area contributed by atoms with Gasteiger partial charge in [0.05, 0.1) is 12.1 Å². The Bertz CT molecular complexity index is 390. The number of benzene rings is 1. The van der Waals surface area contributed by atoms with Crippen LogP contribution in [0.25, 0.3) is 0 Å². The highest BCUT2D eigenvalue weighted by Gasteiger charge is 2.11. The molecule has 20 heavy (non-hydrogen) atoms. The Labute approximate surface area is 133 Å². The fourth-order valence-electron chi connectivity index (χ4n) is 2.74. The van der Waals surface area contributed by atoms with Crippen LogP contribution < -0.4 is 10.1 Å². The first-order valence-corrected chi connectivity index (χ1v) is 7.73. The lowest BCUT2D eigenvalue weighted by Gasteiger charge is -2.21. The molecule has 0 spiro atoms. The van der Waals surface area contributed by atoms with Crippen LogP contribution in [0, 0.1) is 0 Å². The maximum absolute atomic E-state index is 6.04. The molecule has 0 saturated heterocycles. The molecule has 0 amide bonds. The van der Waals surface area contributed by atoms with Gasteiger partial charge < -0.3 is 10.1 Å². The zero-order chi connectivity index (χ0) is 13.5. The molecule has 0 atom stereocenters. The quantitative estimate of drug-likeness (QED) is 0.846. The van der Waals surface area contributed by atoms with Crippen molar-refractivity contribution in [1.82, 2.24) is 5.32 Å². The summed E-state index contributed by atoms with van der Waals surface area (Å²) in [6.07, 6.45) is 9.56. The summed E-state index contributed by atoms with van der Waals surface area (Å²) in [4.78, 5) is 0. The predicted octanol–water partition coefficient (Wildman–Crippen LogP) is 4.97. The third kappa shape index (κ3) is 5.51. The number of hydrogen-bond acceptors (Lipinski definition) is 2. The van der Waals surface area contributed by atoms with Gasteiger partial charge in [-0.15, -0.1) is 12.4 Å². The van der Waals surface area contributed by atoms with Crippen LogP contribution in [-0.2, 0) is 6.54 Å². The topological polar surface area (TPSA) is 21.3 Å². The van der Waals surface area contributed by atoms with E-state index in [2.05, 4.69) is 11.4 Å². The number of rotatable bonds is 4.